The normalized spacial score (nSPS) is 23.2. The highest BCUT2D eigenvalue weighted by Gasteiger charge is 2.33. The molecule has 3 rings (SSSR count). The van der Waals surface area contributed by atoms with E-state index in [-0.39, 0.29) is 0 Å². The summed E-state index contributed by atoms with van der Waals surface area (Å²) in [6.07, 6.45) is 9.19. The summed E-state index contributed by atoms with van der Waals surface area (Å²) in [5.74, 6) is 0.763. The lowest BCUT2D eigenvalue weighted by Gasteiger charge is -2.43. The van der Waals surface area contributed by atoms with Crippen LogP contribution in [0.15, 0.2) is 18.5 Å². The van der Waals surface area contributed by atoms with Crippen molar-refractivity contribution in [3.05, 3.63) is 18.5 Å². The molecule has 86 valence electrons. The molecule has 2 fully saturated rings. The van der Waals surface area contributed by atoms with Crippen LogP contribution < -0.4 is 5.32 Å². The van der Waals surface area contributed by atoms with E-state index in [1.807, 2.05) is 6.07 Å². The molecule has 1 aliphatic carbocycles. The molecule has 0 bridgehead atoms. The Hall–Kier alpha value is -1.16. The van der Waals surface area contributed by atoms with Crippen molar-refractivity contribution in [2.75, 3.05) is 18.4 Å². The van der Waals surface area contributed by atoms with Crippen molar-refractivity contribution in [1.82, 2.24) is 14.9 Å². The van der Waals surface area contributed by atoms with Gasteiger partial charge in [0.1, 0.15) is 0 Å². The fraction of sp³-hybridized carbons (Fsp3) is 0.667. The third-order valence-corrected chi connectivity index (χ3v) is 3.65. The number of nitrogens with zero attached hydrogens (tertiary/aromatic N) is 3. The minimum Gasteiger partial charge on any atom is -0.349 e. The molecule has 16 heavy (non-hydrogen) atoms. The molecule has 0 unspecified atom stereocenters. The molecule has 1 aromatic heterocycles. The third-order valence-electron chi connectivity index (χ3n) is 3.65. The highest BCUT2D eigenvalue weighted by Crippen LogP contribution is 2.27. The topological polar surface area (TPSA) is 41.1 Å². The number of rotatable bonds is 3. The van der Waals surface area contributed by atoms with Gasteiger partial charge in [-0.3, -0.25) is 4.90 Å². The van der Waals surface area contributed by atoms with Crippen molar-refractivity contribution in [2.24, 2.45) is 0 Å². The molecule has 2 heterocycles. The maximum Gasteiger partial charge on any atom is 0.222 e. The second kappa shape index (κ2) is 4.37. The first-order valence-corrected chi connectivity index (χ1v) is 6.19. The molecule has 1 aromatic rings. The van der Waals surface area contributed by atoms with Gasteiger partial charge in [0.05, 0.1) is 6.04 Å². The van der Waals surface area contributed by atoms with Gasteiger partial charge < -0.3 is 5.32 Å². The van der Waals surface area contributed by atoms with Crippen LogP contribution in [0.2, 0.25) is 0 Å². The van der Waals surface area contributed by atoms with Crippen LogP contribution in [0.1, 0.15) is 25.7 Å². The number of anilines is 1. The minimum absolute atomic E-state index is 0.544. The van der Waals surface area contributed by atoms with Gasteiger partial charge in [0.2, 0.25) is 5.95 Å². The smallest absolute Gasteiger partial charge is 0.222 e. The number of aromatic nitrogens is 2. The second-order valence-electron chi connectivity index (χ2n) is 4.81. The quantitative estimate of drug-likeness (QED) is 0.835. The Morgan fingerprint density at radius 3 is 2.50 bits per heavy atom. The van der Waals surface area contributed by atoms with E-state index < -0.39 is 0 Å². The second-order valence-corrected chi connectivity index (χ2v) is 4.81. The molecule has 4 heteroatoms. The van der Waals surface area contributed by atoms with Gasteiger partial charge >= 0.3 is 0 Å². The van der Waals surface area contributed by atoms with Crippen LogP contribution >= 0.6 is 0 Å². The van der Waals surface area contributed by atoms with Gasteiger partial charge in [-0.15, -0.1) is 0 Å². The molecule has 0 atom stereocenters. The maximum atomic E-state index is 4.18. The van der Waals surface area contributed by atoms with Gasteiger partial charge in [-0.1, -0.05) is 12.8 Å². The van der Waals surface area contributed by atoms with Gasteiger partial charge in [-0.2, -0.15) is 0 Å². The Bertz CT molecular complexity index is 328. The molecule has 0 aromatic carbocycles. The molecule has 0 amide bonds. The summed E-state index contributed by atoms with van der Waals surface area (Å²) in [4.78, 5) is 11.0. The summed E-state index contributed by atoms with van der Waals surface area (Å²) < 4.78 is 0. The lowest BCUT2D eigenvalue weighted by molar-refractivity contribution is 0.105. The van der Waals surface area contributed by atoms with Crippen LogP contribution in [0, 0.1) is 0 Å². The van der Waals surface area contributed by atoms with E-state index in [1.165, 1.54) is 25.7 Å². The predicted molar refractivity (Wildman–Crippen MR) is 63.3 cm³/mol. The molecule has 1 aliphatic heterocycles. The van der Waals surface area contributed by atoms with Gasteiger partial charge in [0, 0.05) is 31.5 Å². The average Bonchev–Trinajstić information content (AvgIpc) is 2.77. The predicted octanol–water partition coefficient (Wildman–Crippen LogP) is 1.52. The first kappa shape index (κ1) is 10.0. The summed E-state index contributed by atoms with van der Waals surface area (Å²) in [6.45, 7) is 2.31. The Labute approximate surface area is 96.1 Å². The number of likely N-dealkylation sites (tertiary alicyclic amines) is 1. The number of hydrogen-bond donors (Lipinski definition) is 1. The lowest BCUT2D eigenvalue weighted by atomic mass is 10.0. The first-order valence-electron chi connectivity index (χ1n) is 6.19. The van der Waals surface area contributed by atoms with Gasteiger partial charge in [0.15, 0.2) is 0 Å². The van der Waals surface area contributed by atoms with Gasteiger partial charge in [0.25, 0.3) is 0 Å². The van der Waals surface area contributed by atoms with Gasteiger partial charge in [-0.05, 0) is 18.9 Å². The summed E-state index contributed by atoms with van der Waals surface area (Å²) >= 11 is 0. The van der Waals surface area contributed by atoms with Crippen molar-refractivity contribution in [3.63, 3.8) is 0 Å². The fourth-order valence-electron chi connectivity index (χ4n) is 2.73. The molecule has 0 spiro atoms. The monoisotopic (exact) mass is 218 g/mol. The summed E-state index contributed by atoms with van der Waals surface area (Å²) in [5, 5.41) is 3.37. The summed E-state index contributed by atoms with van der Waals surface area (Å²) in [7, 11) is 0. The van der Waals surface area contributed by atoms with Crippen LogP contribution in [-0.2, 0) is 0 Å². The largest absolute Gasteiger partial charge is 0.349 e. The zero-order chi connectivity index (χ0) is 10.8. The van der Waals surface area contributed by atoms with E-state index >= 15 is 0 Å². The van der Waals surface area contributed by atoms with Crippen LogP contribution in [0.3, 0.4) is 0 Å². The SMILES string of the molecule is c1cnc(NC2CN(C3CCCC3)C2)nc1. The number of hydrogen-bond acceptors (Lipinski definition) is 4. The molecule has 1 saturated heterocycles. The van der Waals surface area contributed by atoms with E-state index in [4.69, 9.17) is 0 Å². The zero-order valence-corrected chi connectivity index (χ0v) is 9.47. The van der Waals surface area contributed by atoms with E-state index in [1.54, 1.807) is 12.4 Å². The van der Waals surface area contributed by atoms with E-state index in [2.05, 4.69) is 20.2 Å². The summed E-state index contributed by atoms with van der Waals surface area (Å²) in [5.41, 5.74) is 0. The molecule has 1 N–H and O–H groups in total. The number of nitrogens with one attached hydrogen (secondary N) is 1. The van der Waals surface area contributed by atoms with Crippen molar-refractivity contribution in [2.45, 2.75) is 37.8 Å². The van der Waals surface area contributed by atoms with Crippen molar-refractivity contribution in [3.8, 4) is 0 Å². The van der Waals surface area contributed by atoms with Gasteiger partial charge in [-0.25, -0.2) is 9.97 Å². The van der Waals surface area contributed by atoms with E-state index in [0.29, 0.717) is 6.04 Å². The first-order chi connectivity index (χ1) is 7.92. The van der Waals surface area contributed by atoms with Crippen LogP contribution in [0.5, 0.6) is 0 Å². The highest BCUT2D eigenvalue weighted by molar-refractivity contribution is 5.26. The van der Waals surface area contributed by atoms with Crippen LogP contribution in [0.25, 0.3) is 0 Å². The molecule has 4 nitrogen and oxygen atoms in total. The fourth-order valence-corrected chi connectivity index (χ4v) is 2.73. The van der Waals surface area contributed by atoms with E-state index in [9.17, 15) is 0 Å². The average molecular weight is 218 g/mol. The Morgan fingerprint density at radius 1 is 1.12 bits per heavy atom. The summed E-state index contributed by atoms with van der Waals surface area (Å²) in [6, 6.07) is 3.24. The molecule has 0 radical (unpaired) electrons. The Morgan fingerprint density at radius 2 is 1.81 bits per heavy atom. The molecular formula is C12H18N4. The van der Waals surface area contributed by atoms with E-state index in [0.717, 1.165) is 25.1 Å². The zero-order valence-electron chi connectivity index (χ0n) is 9.47. The molecule has 1 saturated carbocycles. The molecular weight excluding hydrogens is 200 g/mol. The third kappa shape index (κ3) is 2.02. The maximum absolute atomic E-state index is 4.18. The highest BCUT2D eigenvalue weighted by atomic mass is 15.3. The lowest BCUT2D eigenvalue weighted by Crippen LogP contribution is -2.58. The van der Waals surface area contributed by atoms with Crippen LogP contribution in [-0.4, -0.2) is 40.0 Å². The van der Waals surface area contributed by atoms with Crippen molar-refractivity contribution < 1.29 is 0 Å². The van der Waals surface area contributed by atoms with Crippen LogP contribution in [0.4, 0.5) is 5.95 Å². The van der Waals surface area contributed by atoms with Crippen molar-refractivity contribution in [1.29, 1.82) is 0 Å². The Kier molecular flexibility index (Phi) is 2.74. The minimum atomic E-state index is 0.544. The molecule has 2 aliphatic rings. The standard InChI is InChI=1S/C12H18N4/c1-2-5-11(4-1)16-8-10(9-16)15-12-13-6-3-7-14-12/h3,6-7,10-11H,1-2,4-5,8-9H2,(H,13,14,15). The Balaban J connectivity index is 1.47. The van der Waals surface area contributed by atoms with Crippen molar-refractivity contribution >= 4 is 5.95 Å².